The van der Waals surface area contributed by atoms with Gasteiger partial charge in [0.2, 0.25) is 0 Å². The van der Waals surface area contributed by atoms with Crippen molar-refractivity contribution in [1.82, 2.24) is 9.47 Å². The molecule has 2 heterocycles. The lowest BCUT2D eigenvalue weighted by molar-refractivity contribution is 0.0737. The quantitative estimate of drug-likeness (QED) is 0.317. The first-order valence-electron chi connectivity index (χ1n) is 11.3. The Kier molecular flexibility index (Phi) is 4.62. The second-order valence-corrected chi connectivity index (χ2v) is 8.61. The highest BCUT2D eigenvalue weighted by atomic mass is 16.2. The van der Waals surface area contributed by atoms with Gasteiger partial charge >= 0.3 is 0 Å². The van der Waals surface area contributed by atoms with E-state index in [-0.39, 0.29) is 11.9 Å². The zero-order valence-electron chi connectivity index (χ0n) is 18.5. The van der Waals surface area contributed by atoms with Crippen LogP contribution in [0.25, 0.3) is 22.2 Å². The van der Waals surface area contributed by atoms with Gasteiger partial charge in [0.05, 0.1) is 11.7 Å². The van der Waals surface area contributed by atoms with E-state index in [1.54, 1.807) is 0 Å². The van der Waals surface area contributed by atoms with Crippen LogP contribution in [-0.2, 0) is 13.6 Å². The lowest BCUT2D eigenvalue weighted by atomic mass is 9.93. The molecule has 0 N–H and O–H groups in total. The summed E-state index contributed by atoms with van der Waals surface area (Å²) in [6.45, 7) is 0.566. The van der Waals surface area contributed by atoms with Gasteiger partial charge < -0.3 is 9.47 Å². The van der Waals surface area contributed by atoms with Gasteiger partial charge in [-0.15, -0.1) is 0 Å². The standard InChI is InChI=1S/C30H24N2O/c1-31-26-19-11-10-18-25(26)27(28(31)22-14-6-3-7-15-22)29-23-16-8-9-17-24(23)30(33)32(29)20-21-12-4-2-5-13-21/h2-19,29H,20H2,1H3/t29-/m1/s1. The van der Waals surface area contributed by atoms with E-state index >= 15 is 0 Å². The normalized spacial score (nSPS) is 15.2. The van der Waals surface area contributed by atoms with Crippen LogP contribution in [0, 0.1) is 0 Å². The van der Waals surface area contributed by atoms with Gasteiger partial charge in [-0.05, 0) is 28.8 Å². The van der Waals surface area contributed by atoms with Crippen LogP contribution in [0.15, 0.2) is 109 Å². The van der Waals surface area contributed by atoms with E-state index in [2.05, 4.69) is 78.3 Å². The minimum Gasteiger partial charge on any atom is -0.343 e. The fourth-order valence-corrected chi connectivity index (χ4v) is 5.27. The predicted octanol–water partition coefficient (Wildman–Crippen LogP) is 6.59. The van der Waals surface area contributed by atoms with Crippen LogP contribution in [-0.4, -0.2) is 15.4 Å². The van der Waals surface area contributed by atoms with Crippen molar-refractivity contribution in [2.45, 2.75) is 12.6 Å². The number of nitrogens with zero attached hydrogens (tertiary/aromatic N) is 2. The van der Waals surface area contributed by atoms with Crippen LogP contribution >= 0.6 is 0 Å². The summed E-state index contributed by atoms with van der Waals surface area (Å²) in [6.07, 6.45) is 0. The summed E-state index contributed by atoms with van der Waals surface area (Å²) >= 11 is 0. The molecule has 0 radical (unpaired) electrons. The molecule has 0 unspecified atom stereocenters. The molecule has 3 nitrogen and oxygen atoms in total. The van der Waals surface area contributed by atoms with Gasteiger partial charge in [0.25, 0.3) is 5.91 Å². The third-order valence-electron chi connectivity index (χ3n) is 6.72. The van der Waals surface area contributed by atoms with Crippen molar-refractivity contribution in [3.63, 3.8) is 0 Å². The first-order chi connectivity index (χ1) is 16.2. The van der Waals surface area contributed by atoms with Crippen molar-refractivity contribution in [2.24, 2.45) is 7.05 Å². The Balaban J connectivity index is 1.64. The molecule has 1 aromatic heterocycles. The highest BCUT2D eigenvalue weighted by Crippen LogP contribution is 2.46. The van der Waals surface area contributed by atoms with Gasteiger partial charge in [-0.25, -0.2) is 0 Å². The topological polar surface area (TPSA) is 25.2 Å². The molecular weight excluding hydrogens is 404 g/mol. The monoisotopic (exact) mass is 428 g/mol. The molecule has 0 bridgehead atoms. The number of hydrogen-bond acceptors (Lipinski definition) is 1. The molecule has 6 rings (SSSR count). The van der Waals surface area contributed by atoms with Crippen molar-refractivity contribution in [3.8, 4) is 11.3 Å². The Morgan fingerprint density at radius 2 is 1.36 bits per heavy atom. The molecule has 1 amide bonds. The number of amides is 1. The summed E-state index contributed by atoms with van der Waals surface area (Å²) in [7, 11) is 2.12. The molecule has 0 saturated heterocycles. The van der Waals surface area contributed by atoms with E-state index < -0.39 is 0 Å². The molecule has 0 aliphatic carbocycles. The first-order valence-corrected chi connectivity index (χ1v) is 11.3. The molecule has 1 atom stereocenters. The summed E-state index contributed by atoms with van der Waals surface area (Å²) in [5.41, 5.74) is 7.67. The SMILES string of the molecule is Cn1c(-c2ccccc2)c([C@H]2c3ccccc3C(=O)N2Cc2ccccc2)c2ccccc21. The third kappa shape index (κ3) is 3.08. The zero-order valence-corrected chi connectivity index (χ0v) is 18.5. The fraction of sp³-hybridized carbons (Fsp3) is 0.100. The first kappa shape index (κ1) is 19.6. The number of para-hydroxylation sites is 1. The summed E-state index contributed by atoms with van der Waals surface area (Å²) < 4.78 is 2.27. The summed E-state index contributed by atoms with van der Waals surface area (Å²) in [5.74, 6) is 0.0893. The number of carbonyl (C=O) groups excluding carboxylic acids is 1. The Hall–Kier alpha value is -4.11. The number of aromatic nitrogens is 1. The van der Waals surface area contributed by atoms with Crippen molar-refractivity contribution in [3.05, 3.63) is 131 Å². The van der Waals surface area contributed by atoms with Gasteiger partial charge in [-0.1, -0.05) is 97.1 Å². The number of benzene rings is 4. The number of fused-ring (bicyclic) bond motifs is 2. The van der Waals surface area contributed by atoms with E-state index in [1.165, 1.54) is 16.5 Å². The third-order valence-corrected chi connectivity index (χ3v) is 6.72. The average Bonchev–Trinajstić information content (AvgIpc) is 3.31. The second kappa shape index (κ2) is 7.79. The van der Waals surface area contributed by atoms with Crippen LogP contribution in [0.2, 0.25) is 0 Å². The van der Waals surface area contributed by atoms with Crippen LogP contribution in [0.1, 0.15) is 33.1 Å². The number of hydrogen-bond donors (Lipinski definition) is 0. The maximum Gasteiger partial charge on any atom is 0.255 e. The molecule has 0 saturated carbocycles. The molecule has 3 heteroatoms. The van der Waals surface area contributed by atoms with Crippen molar-refractivity contribution < 1.29 is 4.79 Å². The number of aryl methyl sites for hydroxylation is 1. The van der Waals surface area contributed by atoms with E-state index in [4.69, 9.17) is 0 Å². The minimum atomic E-state index is -0.157. The van der Waals surface area contributed by atoms with Crippen LogP contribution in [0.5, 0.6) is 0 Å². The lowest BCUT2D eigenvalue weighted by Crippen LogP contribution is -2.28. The second-order valence-electron chi connectivity index (χ2n) is 8.61. The van der Waals surface area contributed by atoms with Crippen LogP contribution in [0.4, 0.5) is 0 Å². The largest absolute Gasteiger partial charge is 0.343 e. The Morgan fingerprint density at radius 3 is 2.15 bits per heavy atom. The molecule has 0 fully saturated rings. The molecule has 4 aromatic carbocycles. The highest BCUT2D eigenvalue weighted by molar-refractivity contribution is 6.02. The Bertz CT molecular complexity index is 1470. The molecule has 5 aromatic rings. The summed E-state index contributed by atoms with van der Waals surface area (Å²) in [6, 6.07) is 37.2. The molecule has 160 valence electrons. The van der Waals surface area contributed by atoms with Gasteiger partial charge in [-0.2, -0.15) is 0 Å². The molecule has 0 spiro atoms. The van der Waals surface area contributed by atoms with E-state index in [0.29, 0.717) is 6.54 Å². The van der Waals surface area contributed by atoms with Crippen molar-refractivity contribution >= 4 is 16.8 Å². The molecule has 33 heavy (non-hydrogen) atoms. The number of carbonyl (C=O) groups is 1. The predicted molar refractivity (Wildman–Crippen MR) is 133 cm³/mol. The Morgan fingerprint density at radius 1 is 0.727 bits per heavy atom. The van der Waals surface area contributed by atoms with Gasteiger partial charge in [0.15, 0.2) is 0 Å². The van der Waals surface area contributed by atoms with E-state index in [9.17, 15) is 4.79 Å². The van der Waals surface area contributed by atoms with Gasteiger partial charge in [0.1, 0.15) is 0 Å². The lowest BCUT2D eigenvalue weighted by Gasteiger charge is -2.27. The molecular formula is C30H24N2O. The van der Waals surface area contributed by atoms with Gasteiger partial charge in [-0.3, -0.25) is 4.79 Å². The Labute approximate surface area is 193 Å². The zero-order chi connectivity index (χ0) is 22.4. The maximum absolute atomic E-state index is 13.7. The summed E-state index contributed by atoms with van der Waals surface area (Å²) in [5, 5.41) is 1.19. The molecule has 1 aliphatic rings. The maximum atomic E-state index is 13.7. The summed E-state index contributed by atoms with van der Waals surface area (Å²) in [4.78, 5) is 15.7. The van der Waals surface area contributed by atoms with Crippen molar-refractivity contribution in [1.29, 1.82) is 0 Å². The van der Waals surface area contributed by atoms with Crippen molar-refractivity contribution in [2.75, 3.05) is 0 Å². The smallest absolute Gasteiger partial charge is 0.255 e. The van der Waals surface area contributed by atoms with Crippen LogP contribution in [0.3, 0.4) is 0 Å². The van der Waals surface area contributed by atoms with Gasteiger partial charge in [0, 0.05) is 35.6 Å². The minimum absolute atomic E-state index is 0.0893. The van der Waals surface area contributed by atoms with E-state index in [1.807, 2.05) is 47.4 Å². The fourth-order valence-electron chi connectivity index (χ4n) is 5.27. The average molecular weight is 429 g/mol. The highest BCUT2D eigenvalue weighted by Gasteiger charge is 2.40. The van der Waals surface area contributed by atoms with Crippen LogP contribution < -0.4 is 0 Å². The number of rotatable bonds is 4. The molecule has 1 aliphatic heterocycles. The van der Waals surface area contributed by atoms with E-state index in [0.717, 1.165) is 27.9 Å².